The Morgan fingerprint density at radius 3 is 2.88 bits per heavy atom. The number of ketones is 1. The number of hydrogen-bond donors (Lipinski definition) is 0. The van der Waals surface area contributed by atoms with Gasteiger partial charge < -0.3 is 4.90 Å². The van der Waals surface area contributed by atoms with Crippen LogP contribution in [0.5, 0.6) is 0 Å². The quantitative estimate of drug-likeness (QED) is 0.794. The Hall–Kier alpha value is -1.57. The molecule has 1 aliphatic rings. The molecule has 2 nitrogen and oxygen atoms in total. The predicted molar refractivity (Wildman–Crippen MR) is 70.0 cm³/mol. The average molecular weight is 229 g/mol. The lowest BCUT2D eigenvalue weighted by molar-refractivity contribution is -0.116. The first kappa shape index (κ1) is 11.9. The number of likely N-dealkylation sites (N-methyl/N-ethyl adjacent to an activating group) is 1. The summed E-state index contributed by atoms with van der Waals surface area (Å²) in [6, 6.07) is 8.39. The molecule has 0 fully saturated rings. The maximum absolute atomic E-state index is 11.9. The molecule has 0 saturated heterocycles. The third-order valence-electron chi connectivity index (χ3n) is 3.38. The van der Waals surface area contributed by atoms with Crippen molar-refractivity contribution in [1.82, 2.24) is 4.90 Å². The highest BCUT2D eigenvalue weighted by molar-refractivity contribution is 5.96. The van der Waals surface area contributed by atoms with Crippen LogP contribution in [0.3, 0.4) is 0 Å². The Bertz CT molecular complexity index is 436. The van der Waals surface area contributed by atoms with E-state index in [0.29, 0.717) is 0 Å². The zero-order chi connectivity index (χ0) is 12.3. The highest BCUT2D eigenvalue weighted by Crippen LogP contribution is 2.23. The van der Waals surface area contributed by atoms with Crippen molar-refractivity contribution < 1.29 is 4.79 Å². The van der Waals surface area contributed by atoms with Gasteiger partial charge in [-0.1, -0.05) is 31.2 Å². The fourth-order valence-corrected chi connectivity index (χ4v) is 2.21. The van der Waals surface area contributed by atoms with E-state index in [1.807, 2.05) is 6.20 Å². The van der Waals surface area contributed by atoms with Crippen LogP contribution >= 0.6 is 0 Å². The van der Waals surface area contributed by atoms with Gasteiger partial charge in [-0.2, -0.15) is 0 Å². The van der Waals surface area contributed by atoms with Crippen molar-refractivity contribution in [2.45, 2.75) is 26.2 Å². The van der Waals surface area contributed by atoms with Crippen molar-refractivity contribution in [3.05, 3.63) is 47.7 Å². The number of nitrogens with zero attached hydrogens (tertiary/aromatic N) is 1. The normalized spacial score (nSPS) is 19.8. The SMILES string of the molecule is CCc1cccc(C2CN(CC)C=CC2=O)c1. The van der Waals surface area contributed by atoms with Gasteiger partial charge in [-0.15, -0.1) is 0 Å². The first-order valence-electron chi connectivity index (χ1n) is 6.29. The molecule has 0 spiro atoms. The van der Waals surface area contributed by atoms with Crippen molar-refractivity contribution >= 4 is 5.78 Å². The topological polar surface area (TPSA) is 20.3 Å². The van der Waals surface area contributed by atoms with Gasteiger partial charge in [0.15, 0.2) is 5.78 Å². The van der Waals surface area contributed by atoms with Crippen LogP contribution < -0.4 is 0 Å². The number of carbonyl (C=O) groups excluding carboxylic acids is 1. The molecular weight excluding hydrogens is 210 g/mol. The van der Waals surface area contributed by atoms with Crippen LogP contribution in [0.15, 0.2) is 36.5 Å². The zero-order valence-electron chi connectivity index (χ0n) is 10.5. The van der Waals surface area contributed by atoms with E-state index < -0.39 is 0 Å². The molecule has 1 atom stereocenters. The molecule has 0 aromatic heterocycles. The summed E-state index contributed by atoms with van der Waals surface area (Å²) in [4.78, 5) is 14.1. The molecule has 1 aromatic rings. The minimum Gasteiger partial charge on any atom is -0.376 e. The van der Waals surface area contributed by atoms with Gasteiger partial charge in [0.05, 0.1) is 5.92 Å². The van der Waals surface area contributed by atoms with E-state index >= 15 is 0 Å². The van der Waals surface area contributed by atoms with E-state index in [0.717, 1.165) is 25.1 Å². The molecule has 17 heavy (non-hydrogen) atoms. The van der Waals surface area contributed by atoms with E-state index in [9.17, 15) is 4.79 Å². The van der Waals surface area contributed by atoms with Crippen molar-refractivity contribution in [1.29, 1.82) is 0 Å². The van der Waals surface area contributed by atoms with E-state index in [2.05, 4.69) is 43.0 Å². The summed E-state index contributed by atoms with van der Waals surface area (Å²) in [5.74, 6) is 0.231. The number of benzene rings is 1. The molecule has 90 valence electrons. The van der Waals surface area contributed by atoms with Crippen molar-refractivity contribution in [2.24, 2.45) is 0 Å². The maximum atomic E-state index is 11.9. The summed E-state index contributed by atoms with van der Waals surface area (Å²) in [5.41, 5.74) is 2.45. The standard InChI is InChI=1S/C15H19NO/c1-3-12-6-5-7-13(10-12)14-11-16(4-2)9-8-15(14)17/h5-10,14H,3-4,11H2,1-2H3. The van der Waals surface area contributed by atoms with Crippen molar-refractivity contribution in [3.8, 4) is 0 Å². The maximum Gasteiger partial charge on any atom is 0.166 e. The first-order valence-corrected chi connectivity index (χ1v) is 6.29. The highest BCUT2D eigenvalue weighted by Gasteiger charge is 2.23. The first-order chi connectivity index (χ1) is 8.24. The lowest BCUT2D eigenvalue weighted by Crippen LogP contribution is -2.31. The molecule has 2 rings (SSSR count). The summed E-state index contributed by atoms with van der Waals surface area (Å²) in [5, 5.41) is 0. The second kappa shape index (κ2) is 5.17. The third-order valence-corrected chi connectivity index (χ3v) is 3.38. The summed E-state index contributed by atoms with van der Waals surface area (Å²) >= 11 is 0. The van der Waals surface area contributed by atoms with Gasteiger partial charge in [-0.05, 0) is 30.5 Å². The monoisotopic (exact) mass is 229 g/mol. The van der Waals surface area contributed by atoms with E-state index in [4.69, 9.17) is 0 Å². The average Bonchev–Trinajstić information content (AvgIpc) is 2.39. The number of rotatable bonds is 3. The van der Waals surface area contributed by atoms with Gasteiger partial charge in [-0.25, -0.2) is 0 Å². The lowest BCUT2D eigenvalue weighted by atomic mass is 9.90. The summed E-state index contributed by atoms with van der Waals surface area (Å²) in [7, 11) is 0. The number of carbonyl (C=O) groups is 1. The van der Waals surface area contributed by atoms with Gasteiger partial charge in [0, 0.05) is 19.3 Å². The molecule has 0 saturated carbocycles. The van der Waals surface area contributed by atoms with Crippen molar-refractivity contribution in [3.63, 3.8) is 0 Å². The van der Waals surface area contributed by atoms with Gasteiger partial charge in [0.25, 0.3) is 0 Å². The Kier molecular flexibility index (Phi) is 3.62. The van der Waals surface area contributed by atoms with E-state index in [1.165, 1.54) is 5.56 Å². The fraction of sp³-hybridized carbons (Fsp3) is 0.400. The van der Waals surface area contributed by atoms with Gasteiger partial charge in [0.2, 0.25) is 0 Å². The Morgan fingerprint density at radius 1 is 1.35 bits per heavy atom. The number of aryl methyl sites for hydroxylation is 1. The van der Waals surface area contributed by atoms with E-state index in [1.54, 1.807) is 6.08 Å². The van der Waals surface area contributed by atoms with Crippen LogP contribution in [0.1, 0.15) is 30.9 Å². The molecular formula is C15H19NO. The molecule has 0 bridgehead atoms. The lowest BCUT2D eigenvalue weighted by Gasteiger charge is -2.28. The second-order valence-electron chi connectivity index (χ2n) is 4.46. The molecule has 1 aromatic carbocycles. The van der Waals surface area contributed by atoms with Crippen LogP contribution in [0, 0.1) is 0 Å². The highest BCUT2D eigenvalue weighted by atomic mass is 16.1. The number of hydrogen-bond acceptors (Lipinski definition) is 2. The van der Waals surface area contributed by atoms with Crippen LogP contribution in [0.25, 0.3) is 0 Å². The van der Waals surface area contributed by atoms with Crippen LogP contribution in [-0.4, -0.2) is 23.8 Å². The Balaban J connectivity index is 2.26. The van der Waals surface area contributed by atoms with Gasteiger partial charge in [0.1, 0.15) is 0 Å². The van der Waals surface area contributed by atoms with E-state index in [-0.39, 0.29) is 11.7 Å². The summed E-state index contributed by atoms with van der Waals surface area (Å²) in [6.45, 7) is 6.01. The largest absolute Gasteiger partial charge is 0.376 e. The minimum absolute atomic E-state index is 0.00597. The minimum atomic E-state index is 0.00597. The summed E-state index contributed by atoms with van der Waals surface area (Å²) in [6.07, 6.45) is 4.63. The molecule has 1 aliphatic heterocycles. The van der Waals surface area contributed by atoms with Gasteiger partial charge in [-0.3, -0.25) is 4.79 Å². The second-order valence-corrected chi connectivity index (χ2v) is 4.46. The number of allylic oxidation sites excluding steroid dienone is 1. The molecule has 0 N–H and O–H groups in total. The van der Waals surface area contributed by atoms with Crippen LogP contribution in [-0.2, 0) is 11.2 Å². The van der Waals surface area contributed by atoms with Gasteiger partial charge >= 0.3 is 0 Å². The fourth-order valence-electron chi connectivity index (χ4n) is 2.21. The van der Waals surface area contributed by atoms with Crippen LogP contribution in [0.2, 0.25) is 0 Å². The molecule has 1 heterocycles. The summed E-state index contributed by atoms with van der Waals surface area (Å²) < 4.78 is 0. The molecule has 0 aliphatic carbocycles. The van der Waals surface area contributed by atoms with Crippen LogP contribution in [0.4, 0.5) is 0 Å². The Morgan fingerprint density at radius 2 is 2.18 bits per heavy atom. The molecule has 0 radical (unpaired) electrons. The molecule has 0 amide bonds. The molecule has 2 heteroatoms. The molecule has 1 unspecified atom stereocenters. The predicted octanol–water partition coefficient (Wildman–Crippen LogP) is 2.75. The third kappa shape index (κ3) is 2.57. The Labute approximate surface area is 103 Å². The zero-order valence-corrected chi connectivity index (χ0v) is 10.5. The van der Waals surface area contributed by atoms with Crippen molar-refractivity contribution in [2.75, 3.05) is 13.1 Å². The smallest absolute Gasteiger partial charge is 0.166 e.